The van der Waals surface area contributed by atoms with Crippen LogP contribution in [0, 0.1) is 0 Å². The Balaban J connectivity index is 1.50. The molecule has 0 saturated carbocycles. The Morgan fingerprint density at radius 2 is 1.96 bits per heavy atom. The highest BCUT2D eigenvalue weighted by Gasteiger charge is 2.24. The third kappa shape index (κ3) is 5.50. The molecule has 9 nitrogen and oxygen atoms in total. The summed E-state index contributed by atoms with van der Waals surface area (Å²) in [5, 5.41) is 15.0. The molecule has 0 aromatic carbocycles. The molecule has 9 heteroatoms. The zero-order chi connectivity index (χ0) is 19.1. The van der Waals surface area contributed by atoms with Crippen LogP contribution in [0.4, 0.5) is 10.6 Å². The zero-order valence-electron chi connectivity index (χ0n) is 16.4. The number of methoxy groups -OCH3 is 1. The number of urea groups is 1. The second-order valence-corrected chi connectivity index (χ2v) is 7.11. The van der Waals surface area contributed by atoms with E-state index in [4.69, 9.17) is 4.74 Å². The maximum Gasteiger partial charge on any atom is 0.317 e. The van der Waals surface area contributed by atoms with Gasteiger partial charge < -0.3 is 30.1 Å². The number of carbonyl (C=O) groups excluding carboxylic acids is 1. The minimum Gasteiger partial charge on any atom is -0.383 e. The SMILES string of the molecule is COCCNCCNC(=O)N1CCc2nnc(N3CCN(C)CC3)cc2C1. The van der Waals surface area contributed by atoms with Crippen molar-refractivity contribution in [2.45, 2.75) is 13.0 Å². The molecule has 0 unspecified atom stereocenters. The Bertz CT molecular complexity index is 620. The van der Waals surface area contributed by atoms with E-state index in [2.05, 4.69) is 43.7 Å². The zero-order valence-corrected chi connectivity index (χ0v) is 16.4. The molecule has 1 aromatic rings. The maximum absolute atomic E-state index is 12.4. The molecule has 2 N–H and O–H groups in total. The van der Waals surface area contributed by atoms with E-state index in [-0.39, 0.29) is 6.03 Å². The number of likely N-dealkylation sites (N-methyl/N-ethyl adjacent to an activating group) is 1. The van der Waals surface area contributed by atoms with Crippen molar-refractivity contribution in [1.82, 2.24) is 30.6 Å². The Morgan fingerprint density at radius 1 is 1.15 bits per heavy atom. The number of aromatic nitrogens is 2. The molecule has 2 aliphatic heterocycles. The van der Waals surface area contributed by atoms with Gasteiger partial charge in [0.25, 0.3) is 0 Å². The number of nitrogens with one attached hydrogen (secondary N) is 2. The van der Waals surface area contributed by atoms with Gasteiger partial charge in [0, 0.05) is 72.4 Å². The van der Waals surface area contributed by atoms with Crippen molar-refractivity contribution in [2.24, 2.45) is 0 Å². The van der Waals surface area contributed by atoms with Gasteiger partial charge in [0.1, 0.15) is 0 Å². The minimum atomic E-state index is -0.0212. The summed E-state index contributed by atoms with van der Waals surface area (Å²) in [7, 11) is 3.82. The topological polar surface area (TPSA) is 85.9 Å². The number of piperazine rings is 1. The molecule has 0 atom stereocenters. The highest BCUT2D eigenvalue weighted by Crippen LogP contribution is 2.21. The van der Waals surface area contributed by atoms with Crippen LogP contribution in [0.5, 0.6) is 0 Å². The van der Waals surface area contributed by atoms with Crippen molar-refractivity contribution in [2.75, 3.05) is 78.0 Å². The van der Waals surface area contributed by atoms with E-state index in [9.17, 15) is 4.79 Å². The number of ether oxygens (including phenoxy) is 1. The number of amides is 2. The quantitative estimate of drug-likeness (QED) is 0.622. The van der Waals surface area contributed by atoms with Crippen molar-refractivity contribution in [3.63, 3.8) is 0 Å². The average molecular weight is 377 g/mol. The van der Waals surface area contributed by atoms with Crippen LogP contribution >= 0.6 is 0 Å². The van der Waals surface area contributed by atoms with Crippen LogP contribution < -0.4 is 15.5 Å². The Morgan fingerprint density at radius 3 is 2.74 bits per heavy atom. The van der Waals surface area contributed by atoms with Gasteiger partial charge in [-0.05, 0) is 18.7 Å². The van der Waals surface area contributed by atoms with E-state index >= 15 is 0 Å². The Labute approximate surface area is 161 Å². The number of hydrogen-bond acceptors (Lipinski definition) is 7. The third-order valence-corrected chi connectivity index (χ3v) is 5.10. The van der Waals surface area contributed by atoms with E-state index in [1.54, 1.807) is 7.11 Å². The number of nitrogens with zero attached hydrogens (tertiary/aromatic N) is 5. The summed E-state index contributed by atoms with van der Waals surface area (Å²) in [6, 6.07) is 2.09. The van der Waals surface area contributed by atoms with Crippen LogP contribution in [0.15, 0.2) is 6.07 Å². The van der Waals surface area contributed by atoms with E-state index in [0.717, 1.165) is 62.8 Å². The Kier molecular flexibility index (Phi) is 7.19. The molecule has 27 heavy (non-hydrogen) atoms. The highest BCUT2D eigenvalue weighted by molar-refractivity contribution is 5.74. The molecule has 3 heterocycles. The fourth-order valence-electron chi connectivity index (χ4n) is 3.35. The van der Waals surface area contributed by atoms with Crippen LogP contribution in [-0.4, -0.2) is 99.2 Å². The molecule has 3 rings (SSSR count). The predicted molar refractivity (Wildman–Crippen MR) is 104 cm³/mol. The molecule has 150 valence electrons. The summed E-state index contributed by atoms with van der Waals surface area (Å²) < 4.78 is 4.98. The molecule has 0 bridgehead atoms. The van der Waals surface area contributed by atoms with Crippen molar-refractivity contribution in [3.8, 4) is 0 Å². The van der Waals surface area contributed by atoms with Crippen LogP contribution in [0.1, 0.15) is 11.3 Å². The van der Waals surface area contributed by atoms with Gasteiger partial charge in [-0.2, -0.15) is 5.10 Å². The van der Waals surface area contributed by atoms with Crippen LogP contribution in [0.2, 0.25) is 0 Å². The fraction of sp³-hybridized carbons (Fsp3) is 0.722. The smallest absolute Gasteiger partial charge is 0.317 e. The number of hydrogen-bond donors (Lipinski definition) is 2. The molecule has 0 spiro atoms. The van der Waals surface area contributed by atoms with Gasteiger partial charge in [0.05, 0.1) is 12.3 Å². The largest absolute Gasteiger partial charge is 0.383 e. The predicted octanol–water partition coefficient (Wildman–Crippen LogP) is -0.468. The second kappa shape index (κ2) is 9.82. The van der Waals surface area contributed by atoms with Gasteiger partial charge in [0.15, 0.2) is 5.82 Å². The first-order chi connectivity index (χ1) is 13.2. The lowest BCUT2D eigenvalue weighted by atomic mass is 10.1. The van der Waals surface area contributed by atoms with Crippen molar-refractivity contribution in [3.05, 3.63) is 17.3 Å². The molecule has 1 saturated heterocycles. The second-order valence-electron chi connectivity index (χ2n) is 7.11. The number of rotatable bonds is 7. The molecule has 2 aliphatic rings. The van der Waals surface area contributed by atoms with Gasteiger partial charge in [-0.3, -0.25) is 0 Å². The minimum absolute atomic E-state index is 0.0212. The van der Waals surface area contributed by atoms with Crippen LogP contribution in [0.25, 0.3) is 0 Å². The summed E-state index contributed by atoms with van der Waals surface area (Å²) in [5.74, 6) is 0.923. The number of fused-ring (bicyclic) bond motifs is 1. The van der Waals surface area contributed by atoms with E-state index < -0.39 is 0 Å². The van der Waals surface area contributed by atoms with Crippen molar-refractivity contribution < 1.29 is 9.53 Å². The van der Waals surface area contributed by atoms with Gasteiger partial charge in [-0.1, -0.05) is 0 Å². The van der Waals surface area contributed by atoms with E-state index in [1.165, 1.54) is 0 Å². The van der Waals surface area contributed by atoms with E-state index in [1.807, 2.05) is 4.90 Å². The first-order valence-corrected chi connectivity index (χ1v) is 9.69. The standard InChI is InChI=1S/C18H31N7O2/c1-23-8-10-24(11-9-23)17-13-15-14-25(7-3-16(15)21-22-17)18(26)20-5-4-19-6-12-27-2/h13,19H,3-12,14H2,1-2H3,(H,20,26). The molecule has 1 fully saturated rings. The lowest BCUT2D eigenvalue weighted by Crippen LogP contribution is -2.46. The summed E-state index contributed by atoms with van der Waals surface area (Å²) in [5.41, 5.74) is 2.12. The maximum atomic E-state index is 12.4. The highest BCUT2D eigenvalue weighted by atomic mass is 16.5. The van der Waals surface area contributed by atoms with Crippen LogP contribution in [0.3, 0.4) is 0 Å². The molecule has 0 radical (unpaired) electrons. The lowest BCUT2D eigenvalue weighted by Gasteiger charge is -2.34. The fourth-order valence-corrected chi connectivity index (χ4v) is 3.35. The van der Waals surface area contributed by atoms with Gasteiger partial charge in [0.2, 0.25) is 0 Å². The molecule has 0 aliphatic carbocycles. The van der Waals surface area contributed by atoms with Gasteiger partial charge in [-0.25, -0.2) is 4.79 Å². The van der Waals surface area contributed by atoms with Gasteiger partial charge in [-0.15, -0.1) is 5.10 Å². The molecule has 1 aromatic heterocycles. The number of anilines is 1. The monoisotopic (exact) mass is 377 g/mol. The molecular formula is C18H31N7O2. The van der Waals surface area contributed by atoms with Crippen molar-refractivity contribution >= 4 is 11.8 Å². The normalized spacial score (nSPS) is 17.7. The third-order valence-electron chi connectivity index (χ3n) is 5.10. The Hall–Kier alpha value is -1.97. The first-order valence-electron chi connectivity index (χ1n) is 9.69. The van der Waals surface area contributed by atoms with Crippen molar-refractivity contribution in [1.29, 1.82) is 0 Å². The van der Waals surface area contributed by atoms with Crippen LogP contribution in [-0.2, 0) is 17.7 Å². The molecular weight excluding hydrogens is 346 g/mol. The lowest BCUT2D eigenvalue weighted by molar-refractivity contribution is 0.190. The summed E-state index contributed by atoms with van der Waals surface area (Å²) in [6.45, 7) is 8.06. The summed E-state index contributed by atoms with van der Waals surface area (Å²) in [6.07, 6.45) is 0.755. The summed E-state index contributed by atoms with van der Waals surface area (Å²) >= 11 is 0. The van der Waals surface area contributed by atoms with Gasteiger partial charge >= 0.3 is 6.03 Å². The summed E-state index contributed by atoms with van der Waals surface area (Å²) in [4.78, 5) is 18.9. The average Bonchev–Trinajstić information content (AvgIpc) is 2.70. The molecule has 2 amide bonds. The number of carbonyl (C=O) groups is 1. The van der Waals surface area contributed by atoms with E-state index in [0.29, 0.717) is 26.2 Å². The first kappa shape index (κ1) is 19.8.